The summed E-state index contributed by atoms with van der Waals surface area (Å²) in [4.78, 5) is 50.1. The van der Waals surface area contributed by atoms with Crippen LogP contribution < -0.4 is 21.3 Å². The van der Waals surface area contributed by atoms with Crippen LogP contribution in [0.1, 0.15) is 58.5 Å². The molecule has 1 amide bonds. The van der Waals surface area contributed by atoms with E-state index in [0.717, 1.165) is 38.6 Å². The Hall–Kier alpha value is -5.44. The second-order valence-corrected chi connectivity index (χ2v) is 14.3. The number of aliphatic imine (C=N–C) groups is 1. The van der Waals surface area contributed by atoms with E-state index in [9.17, 15) is 14.4 Å². The van der Waals surface area contributed by atoms with Gasteiger partial charge in [-0.05, 0) is 63.1 Å². The van der Waals surface area contributed by atoms with E-state index in [0.29, 0.717) is 67.0 Å². The van der Waals surface area contributed by atoms with Crippen LogP contribution in [0.5, 0.6) is 5.75 Å². The number of aromatic nitrogens is 6. The number of benzene rings is 2. The second kappa shape index (κ2) is 15.7. The third-order valence-corrected chi connectivity index (χ3v) is 10.4. The summed E-state index contributed by atoms with van der Waals surface area (Å²) < 4.78 is 15.2. The highest BCUT2D eigenvalue weighted by Crippen LogP contribution is 2.39. The van der Waals surface area contributed by atoms with Gasteiger partial charge in [0, 0.05) is 64.9 Å². The summed E-state index contributed by atoms with van der Waals surface area (Å²) in [6.07, 6.45) is 4.39. The average Bonchev–Trinajstić information content (AvgIpc) is 3.62. The predicted molar refractivity (Wildman–Crippen MR) is 204 cm³/mol. The Morgan fingerprint density at radius 1 is 1.02 bits per heavy atom. The second-order valence-electron chi connectivity index (χ2n) is 12.6. The number of nitrogens with one attached hydrogen (secondary N) is 2. The Kier molecular flexibility index (Phi) is 10.6. The zero-order valence-electron chi connectivity index (χ0n) is 29.4. The largest absolute Gasteiger partial charge is 0.493 e. The molecular weight excluding hydrogens is 716 g/mol. The first-order valence-corrected chi connectivity index (χ1v) is 18.4. The fraction of sp³-hybridized carbons (Fsp3) is 0.289. The molecule has 272 valence electrons. The first-order valence-electron chi connectivity index (χ1n) is 17.2. The summed E-state index contributed by atoms with van der Waals surface area (Å²) in [6.45, 7) is 7.94. The average molecular weight is 753 g/mol. The van der Waals surface area contributed by atoms with Gasteiger partial charge in [-0.3, -0.25) is 33.7 Å². The van der Waals surface area contributed by atoms with E-state index in [2.05, 4.69) is 39.3 Å². The predicted octanol–water partition coefficient (Wildman–Crippen LogP) is 5.57. The number of aryl methyl sites for hydroxylation is 2. The molecule has 1 aliphatic heterocycles. The molecule has 1 atom stereocenters. The molecule has 13 nitrogen and oxygen atoms in total. The van der Waals surface area contributed by atoms with Crippen molar-refractivity contribution in [1.82, 2.24) is 34.6 Å². The van der Waals surface area contributed by atoms with Crippen LogP contribution in [0.3, 0.4) is 0 Å². The number of thiophene rings is 1. The molecule has 15 heteroatoms. The maximum atomic E-state index is 13.2. The smallest absolute Gasteiger partial charge is 0.332 e. The number of rotatable bonds is 13. The highest BCUT2D eigenvalue weighted by molar-refractivity contribution is 7.15. The standard InChI is InChI=1S/C38H37ClN8O5S/c1-22-23(2)53-37-34(22)35(25-9-11-26(39)12-10-25)42-30(36-45-44-24(3)47(36)37)20-33(49)40-14-5-16-51-17-6-18-52-31-8-4-7-29-28(31)19-27(21-41-29)46-15-13-32(48)43-38(46)50/h4,7-13,15,19,21,30H,5-6,14,16-18,20H2,1-3H3,(H,40,49)(H,43,48,50)/t30-/m0/s1. The number of pyridine rings is 1. The van der Waals surface area contributed by atoms with Crippen molar-refractivity contribution in [3.8, 4) is 16.4 Å². The Bertz CT molecular complexity index is 2450. The number of amides is 1. The molecule has 1 aliphatic rings. The summed E-state index contributed by atoms with van der Waals surface area (Å²) in [5, 5.41) is 14.3. The monoisotopic (exact) mass is 752 g/mol. The molecule has 7 rings (SSSR count). The fourth-order valence-corrected chi connectivity index (χ4v) is 7.56. The first kappa shape index (κ1) is 35.9. The lowest BCUT2D eigenvalue weighted by Crippen LogP contribution is -2.27. The van der Waals surface area contributed by atoms with Crippen molar-refractivity contribution in [2.75, 3.05) is 26.4 Å². The van der Waals surface area contributed by atoms with Crippen molar-refractivity contribution in [2.24, 2.45) is 4.99 Å². The highest BCUT2D eigenvalue weighted by Gasteiger charge is 2.32. The van der Waals surface area contributed by atoms with Crippen molar-refractivity contribution in [3.05, 3.63) is 126 Å². The minimum Gasteiger partial charge on any atom is -0.493 e. The van der Waals surface area contributed by atoms with Gasteiger partial charge in [-0.1, -0.05) is 29.8 Å². The molecule has 0 fully saturated rings. The van der Waals surface area contributed by atoms with Gasteiger partial charge in [-0.2, -0.15) is 0 Å². The lowest BCUT2D eigenvalue weighted by Gasteiger charge is -2.13. The van der Waals surface area contributed by atoms with Crippen LogP contribution in [0.2, 0.25) is 5.02 Å². The van der Waals surface area contributed by atoms with Crippen molar-refractivity contribution in [3.63, 3.8) is 0 Å². The summed E-state index contributed by atoms with van der Waals surface area (Å²) in [5.74, 6) is 1.88. The van der Waals surface area contributed by atoms with Crippen molar-refractivity contribution in [2.45, 2.75) is 46.1 Å². The van der Waals surface area contributed by atoms with E-state index in [4.69, 9.17) is 26.1 Å². The molecule has 2 aromatic carbocycles. The fourth-order valence-electron chi connectivity index (χ4n) is 6.22. The third-order valence-electron chi connectivity index (χ3n) is 8.99. The third kappa shape index (κ3) is 7.70. The number of fused-ring (bicyclic) bond motifs is 4. The Balaban J connectivity index is 0.907. The molecule has 0 aliphatic carbocycles. The number of hydrogen-bond donors (Lipinski definition) is 2. The maximum absolute atomic E-state index is 13.2. The van der Waals surface area contributed by atoms with Crippen molar-refractivity contribution < 1.29 is 14.3 Å². The van der Waals surface area contributed by atoms with Gasteiger partial charge < -0.3 is 14.8 Å². The van der Waals surface area contributed by atoms with E-state index in [1.54, 1.807) is 23.6 Å². The van der Waals surface area contributed by atoms with E-state index in [1.807, 2.05) is 54.0 Å². The minimum atomic E-state index is -0.547. The molecule has 0 saturated heterocycles. The number of carbonyl (C=O) groups excluding carboxylic acids is 1. The van der Waals surface area contributed by atoms with E-state index in [-0.39, 0.29) is 12.3 Å². The van der Waals surface area contributed by atoms with Crippen LogP contribution in [0.25, 0.3) is 21.6 Å². The molecule has 0 spiro atoms. The molecule has 0 unspecified atom stereocenters. The quantitative estimate of drug-likeness (QED) is 0.145. The van der Waals surface area contributed by atoms with Crippen LogP contribution in [0.15, 0.2) is 81.6 Å². The van der Waals surface area contributed by atoms with E-state index < -0.39 is 17.3 Å². The Morgan fingerprint density at radius 2 is 1.83 bits per heavy atom. The van der Waals surface area contributed by atoms with Gasteiger partial charge in [0.1, 0.15) is 22.6 Å². The van der Waals surface area contributed by atoms with Gasteiger partial charge in [0.2, 0.25) is 5.91 Å². The number of ether oxygens (including phenoxy) is 2. The minimum absolute atomic E-state index is 0.118. The van der Waals surface area contributed by atoms with E-state index >= 15 is 0 Å². The highest BCUT2D eigenvalue weighted by atomic mass is 35.5. The van der Waals surface area contributed by atoms with Gasteiger partial charge in [0.15, 0.2) is 5.82 Å². The number of hydrogen-bond acceptors (Lipinski definition) is 10. The van der Waals surface area contributed by atoms with Crippen LogP contribution >= 0.6 is 22.9 Å². The molecule has 53 heavy (non-hydrogen) atoms. The van der Waals surface area contributed by atoms with Gasteiger partial charge >= 0.3 is 5.69 Å². The van der Waals surface area contributed by atoms with Gasteiger partial charge in [0.25, 0.3) is 5.56 Å². The number of nitrogens with zero attached hydrogens (tertiary/aromatic N) is 6. The molecule has 6 aromatic rings. The summed E-state index contributed by atoms with van der Waals surface area (Å²) >= 11 is 7.89. The summed E-state index contributed by atoms with van der Waals surface area (Å²) in [7, 11) is 0. The SMILES string of the molecule is Cc1sc2c(c1C)C(c1ccc(Cl)cc1)=N[C@@H](CC(=O)NCCCOCCCOc1cccc3ncc(-n4ccc(=O)[nH]c4=O)cc13)c1nnc(C)n1-2. The zero-order chi connectivity index (χ0) is 37.1. The van der Waals surface area contributed by atoms with Crippen LogP contribution in [-0.2, 0) is 9.53 Å². The summed E-state index contributed by atoms with van der Waals surface area (Å²) in [6, 6.07) is 15.7. The molecule has 0 saturated carbocycles. The molecule has 2 N–H and O–H groups in total. The van der Waals surface area contributed by atoms with E-state index in [1.165, 1.54) is 21.7 Å². The van der Waals surface area contributed by atoms with Crippen LogP contribution in [0.4, 0.5) is 0 Å². The summed E-state index contributed by atoms with van der Waals surface area (Å²) in [5.41, 5.74) is 4.10. The lowest BCUT2D eigenvalue weighted by molar-refractivity contribution is -0.121. The molecule has 4 aromatic heterocycles. The number of carbonyl (C=O) groups is 1. The first-order chi connectivity index (χ1) is 25.7. The number of aromatic amines is 1. The van der Waals surface area contributed by atoms with Crippen LogP contribution in [-0.4, -0.2) is 67.3 Å². The Labute approximate surface area is 313 Å². The molecule has 5 heterocycles. The van der Waals surface area contributed by atoms with Gasteiger partial charge in [-0.15, -0.1) is 21.5 Å². The van der Waals surface area contributed by atoms with Gasteiger partial charge in [-0.25, -0.2) is 4.79 Å². The molecular formula is C38H37ClN8O5S. The zero-order valence-corrected chi connectivity index (χ0v) is 31.0. The number of halogens is 1. The van der Waals surface area contributed by atoms with Gasteiger partial charge in [0.05, 0.1) is 36.1 Å². The molecule has 0 bridgehead atoms. The van der Waals surface area contributed by atoms with Crippen molar-refractivity contribution in [1.29, 1.82) is 0 Å². The topological polar surface area (TPSA) is 158 Å². The number of H-pyrrole nitrogens is 1. The maximum Gasteiger partial charge on any atom is 0.332 e. The normalized spacial score (nSPS) is 13.7. The Morgan fingerprint density at radius 3 is 2.64 bits per heavy atom. The van der Waals surface area contributed by atoms with Crippen LogP contribution in [0, 0.1) is 20.8 Å². The lowest BCUT2D eigenvalue weighted by atomic mass is 9.99. The van der Waals surface area contributed by atoms with Crippen molar-refractivity contribution >= 4 is 45.5 Å². The molecule has 0 radical (unpaired) electrons.